The fourth-order valence-electron chi connectivity index (χ4n) is 1.14. The Labute approximate surface area is 84.8 Å². The normalized spacial score (nSPS) is 10.4. The molecule has 0 aromatic carbocycles. The molecule has 0 aliphatic rings. The van der Waals surface area contributed by atoms with Crippen molar-refractivity contribution in [3.05, 3.63) is 36.3 Å². The molecule has 0 saturated heterocycles. The van der Waals surface area contributed by atoms with Gasteiger partial charge in [-0.1, -0.05) is 13.0 Å². The molecule has 0 spiro atoms. The average molecular weight is 195 g/mol. The van der Waals surface area contributed by atoms with Crippen LogP contribution in [0.25, 0.3) is 0 Å². The van der Waals surface area contributed by atoms with Crippen molar-refractivity contribution in [2.75, 3.05) is 13.2 Å². The Morgan fingerprint density at radius 3 is 3.21 bits per heavy atom. The minimum absolute atomic E-state index is 0.575. The molecule has 0 atom stereocenters. The second kappa shape index (κ2) is 6.40. The Kier molecular flexibility index (Phi) is 5.04. The SMILES string of the molecule is C=CCOCc1ccoc1CNCC. The maximum absolute atomic E-state index is 5.34. The maximum Gasteiger partial charge on any atom is 0.123 e. The lowest BCUT2D eigenvalue weighted by Gasteiger charge is -2.03. The Balaban J connectivity index is 2.40. The third kappa shape index (κ3) is 3.36. The summed E-state index contributed by atoms with van der Waals surface area (Å²) in [6, 6.07) is 1.94. The molecule has 1 aromatic heterocycles. The summed E-state index contributed by atoms with van der Waals surface area (Å²) >= 11 is 0. The number of furan rings is 1. The van der Waals surface area contributed by atoms with E-state index in [-0.39, 0.29) is 0 Å². The minimum Gasteiger partial charge on any atom is -0.468 e. The summed E-state index contributed by atoms with van der Waals surface area (Å²) in [5.41, 5.74) is 1.10. The predicted octanol–water partition coefficient (Wildman–Crippen LogP) is 2.09. The van der Waals surface area contributed by atoms with Crippen LogP contribution in [-0.4, -0.2) is 13.2 Å². The summed E-state index contributed by atoms with van der Waals surface area (Å²) in [6.07, 6.45) is 3.43. The summed E-state index contributed by atoms with van der Waals surface area (Å²) in [6.45, 7) is 8.52. The molecule has 1 heterocycles. The zero-order chi connectivity index (χ0) is 10.2. The first-order valence-corrected chi connectivity index (χ1v) is 4.83. The lowest BCUT2D eigenvalue weighted by Crippen LogP contribution is -2.12. The molecular weight excluding hydrogens is 178 g/mol. The third-order valence-electron chi connectivity index (χ3n) is 1.87. The van der Waals surface area contributed by atoms with Crippen LogP contribution in [0, 0.1) is 0 Å². The van der Waals surface area contributed by atoms with Gasteiger partial charge in [-0.15, -0.1) is 6.58 Å². The molecule has 0 aliphatic carbocycles. The van der Waals surface area contributed by atoms with Crippen LogP contribution < -0.4 is 5.32 Å². The zero-order valence-corrected chi connectivity index (χ0v) is 8.58. The molecule has 1 rings (SSSR count). The van der Waals surface area contributed by atoms with Crippen molar-refractivity contribution >= 4 is 0 Å². The third-order valence-corrected chi connectivity index (χ3v) is 1.87. The van der Waals surface area contributed by atoms with Crippen LogP contribution in [-0.2, 0) is 17.9 Å². The van der Waals surface area contributed by atoms with Crippen LogP contribution in [0.15, 0.2) is 29.4 Å². The van der Waals surface area contributed by atoms with E-state index in [0.29, 0.717) is 13.2 Å². The van der Waals surface area contributed by atoms with Crippen molar-refractivity contribution in [2.24, 2.45) is 0 Å². The van der Waals surface area contributed by atoms with Crippen molar-refractivity contribution in [2.45, 2.75) is 20.1 Å². The van der Waals surface area contributed by atoms with Gasteiger partial charge in [0.05, 0.1) is 26.0 Å². The van der Waals surface area contributed by atoms with Gasteiger partial charge in [0, 0.05) is 5.56 Å². The summed E-state index contributed by atoms with van der Waals surface area (Å²) in [5.74, 6) is 0.955. The van der Waals surface area contributed by atoms with Crippen LogP contribution in [0.3, 0.4) is 0 Å². The fourth-order valence-corrected chi connectivity index (χ4v) is 1.14. The Hall–Kier alpha value is -1.06. The first kappa shape index (κ1) is 11.0. The number of hydrogen-bond donors (Lipinski definition) is 1. The highest BCUT2D eigenvalue weighted by atomic mass is 16.5. The van der Waals surface area contributed by atoms with Crippen LogP contribution in [0.5, 0.6) is 0 Å². The summed E-state index contributed by atoms with van der Waals surface area (Å²) in [4.78, 5) is 0. The number of nitrogens with one attached hydrogen (secondary N) is 1. The molecule has 0 unspecified atom stereocenters. The minimum atomic E-state index is 0.575. The van der Waals surface area contributed by atoms with Crippen LogP contribution >= 0.6 is 0 Å². The Morgan fingerprint density at radius 2 is 2.50 bits per heavy atom. The molecule has 78 valence electrons. The molecule has 0 fully saturated rings. The van der Waals surface area contributed by atoms with Crippen molar-refractivity contribution < 1.29 is 9.15 Å². The number of hydrogen-bond acceptors (Lipinski definition) is 3. The van der Waals surface area contributed by atoms with E-state index in [1.165, 1.54) is 0 Å². The molecule has 3 heteroatoms. The first-order chi connectivity index (χ1) is 6.88. The summed E-state index contributed by atoms with van der Waals surface area (Å²) in [7, 11) is 0. The molecular formula is C11H17NO2. The molecule has 0 saturated carbocycles. The molecule has 3 nitrogen and oxygen atoms in total. The molecule has 14 heavy (non-hydrogen) atoms. The van der Waals surface area contributed by atoms with Crippen molar-refractivity contribution in [3.8, 4) is 0 Å². The fraction of sp³-hybridized carbons (Fsp3) is 0.455. The number of ether oxygens (including phenoxy) is 1. The van der Waals surface area contributed by atoms with Gasteiger partial charge in [-0.05, 0) is 12.6 Å². The zero-order valence-electron chi connectivity index (χ0n) is 8.58. The second-order valence-corrected chi connectivity index (χ2v) is 2.95. The van der Waals surface area contributed by atoms with Gasteiger partial charge in [-0.25, -0.2) is 0 Å². The van der Waals surface area contributed by atoms with Gasteiger partial charge >= 0.3 is 0 Å². The van der Waals surface area contributed by atoms with Crippen molar-refractivity contribution in [3.63, 3.8) is 0 Å². The maximum atomic E-state index is 5.34. The predicted molar refractivity (Wildman–Crippen MR) is 55.9 cm³/mol. The molecule has 0 bridgehead atoms. The van der Waals surface area contributed by atoms with E-state index in [0.717, 1.165) is 24.4 Å². The van der Waals surface area contributed by atoms with Gasteiger partial charge in [-0.3, -0.25) is 0 Å². The van der Waals surface area contributed by atoms with E-state index in [1.807, 2.05) is 6.07 Å². The van der Waals surface area contributed by atoms with Crippen LogP contribution in [0.2, 0.25) is 0 Å². The Bertz CT molecular complexity index is 268. The molecule has 0 radical (unpaired) electrons. The molecule has 0 amide bonds. The smallest absolute Gasteiger partial charge is 0.123 e. The summed E-state index contributed by atoms with van der Waals surface area (Å²) in [5, 5.41) is 3.21. The molecule has 1 aromatic rings. The summed E-state index contributed by atoms with van der Waals surface area (Å²) < 4.78 is 10.7. The highest BCUT2D eigenvalue weighted by Gasteiger charge is 2.04. The van der Waals surface area contributed by atoms with Gasteiger partial charge in [0.15, 0.2) is 0 Å². The van der Waals surface area contributed by atoms with Gasteiger partial charge in [0.25, 0.3) is 0 Å². The van der Waals surface area contributed by atoms with Crippen LogP contribution in [0.4, 0.5) is 0 Å². The van der Waals surface area contributed by atoms with E-state index in [4.69, 9.17) is 9.15 Å². The van der Waals surface area contributed by atoms with Gasteiger partial charge in [0.2, 0.25) is 0 Å². The Morgan fingerprint density at radius 1 is 1.64 bits per heavy atom. The van der Waals surface area contributed by atoms with Crippen molar-refractivity contribution in [1.82, 2.24) is 5.32 Å². The lowest BCUT2D eigenvalue weighted by atomic mass is 10.2. The standard InChI is InChI=1S/C11H17NO2/c1-3-6-13-9-10-5-7-14-11(10)8-12-4-2/h3,5,7,12H,1,4,6,8-9H2,2H3. The van der Waals surface area contributed by atoms with Gasteiger partial charge in [-0.2, -0.15) is 0 Å². The van der Waals surface area contributed by atoms with E-state index in [2.05, 4.69) is 18.8 Å². The lowest BCUT2D eigenvalue weighted by molar-refractivity contribution is 0.147. The average Bonchev–Trinajstić information content (AvgIpc) is 2.63. The monoisotopic (exact) mass is 195 g/mol. The van der Waals surface area contributed by atoms with E-state index >= 15 is 0 Å². The van der Waals surface area contributed by atoms with E-state index in [1.54, 1.807) is 12.3 Å². The van der Waals surface area contributed by atoms with Gasteiger partial charge in [0.1, 0.15) is 5.76 Å². The molecule has 1 N–H and O–H groups in total. The largest absolute Gasteiger partial charge is 0.468 e. The van der Waals surface area contributed by atoms with Gasteiger partial charge < -0.3 is 14.5 Å². The number of rotatable bonds is 7. The van der Waals surface area contributed by atoms with Crippen molar-refractivity contribution in [1.29, 1.82) is 0 Å². The topological polar surface area (TPSA) is 34.4 Å². The second-order valence-electron chi connectivity index (χ2n) is 2.95. The first-order valence-electron chi connectivity index (χ1n) is 4.83. The van der Waals surface area contributed by atoms with Crippen LogP contribution in [0.1, 0.15) is 18.2 Å². The highest BCUT2D eigenvalue weighted by Crippen LogP contribution is 2.11. The van der Waals surface area contributed by atoms with E-state index < -0.39 is 0 Å². The quantitative estimate of drug-likeness (QED) is 0.534. The van der Waals surface area contributed by atoms with E-state index in [9.17, 15) is 0 Å². The highest BCUT2D eigenvalue weighted by molar-refractivity contribution is 5.15. The molecule has 0 aliphatic heterocycles.